The maximum absolute atomic E-state index is 10.2. The molecule has 1 aliphatic carbocycles. The monoisotopic (exact) mass is 365 g/mol. The number of β-amino-alcohol motifs (C(OH)–C–C–N with tert-alkyl or cyclic N) is 1. The van der Waals surface area contributed by atoms with E-state index >= 15 is 0 Å². The van der Waals surface area contributed by atoms with Gasteiger partial charge in [0.05, 0.1) is 0 Å². The maximum Gasteiger partial charge on any atom is 0.134 e. The predicted molar refractivity (Wildman–Crippen MR) is 102 cm³/mol. The van der Waals surface area contributed by atoms with Gasteiger partial charge in [0.2, 0.25) is 0 Å². The van der Waals surface area contributed by atoms with Gasteiger partial charge in [-0.05, 0) is 63.4 Å². The number of aliphatic hydroxyl groups excluding tert-OH is 1. The third kappa shape index (κ3) is 4.30. The van der Waals surface area contributed by atoms with Crippen LogP contribution in [-0.2, 0) is 12.8 Å². The SMILES string of the molecule is Cl.OC(COc1ccc2oc3c(c2c1)CCCC3)CN1CCCCC1. The van der Waals surface area contributed by atoms with E-state index in [4.69, 9.17) is 9.15 Å². The topological polar surface area (TPSA) is 45.8 Å². The lowest BCUT2D eigenvalue weighted by Crippen LogP contribution is -2.38. The molecule has 0 radical (unpaired) electrons. The lowest BCUT2D eigenvalue weighted by molar-refractivity contribution is 0.0617. The second kappa shape index (κ2) is 8.43. The van der Waals surface area contributed by atoms with Gasteiger partial charge in [-0.2, -0.15) is 0 Å². The third-order valence-corrected chi connectivity index (χ3v) is 5.29. The van der Waals surface area contributed by atoms with Crippen molar-refractivity contribution < 1.29 is 14.3 Å². The van der Waals surface area contributed by atoms with Crippen LogP contribution in [0.3, 0.4) is 0 Å². The first-order valence-electron chi connectivity index (χ1n) is 9.37. The number of piperidine rings is 1. The van der Waals surface area contributed by atoms with E-state index in [2.05, 4.69) is 11.0 Å². The van der Waals surface area contributed by atoms with Gasteiger partial charge in [-0.15, -0.1) is 12.4 Å². The van der Waals surface area contributed by atoms with Crippen molar-refractivity contribution in [1.29, 1.82) is 0 Å². The summed E-state index contributed by atoms with van der Waals surface area (Å²) >= 11 is 0. The number of aryl methyl sites for hydroxylation is 2. The van der Waals surface area contributed by atoms with E-state index in [9.17, 15) is 5.11 Å². The van der Waals surface area contributed by atoms with E-state index < -0.39 is 6.10 Å². The average Bonchev–Trinajstić information content (AvgIpc) is 2.99. The van der Waals surface area contributed by atoms with Gasteiger partial charge in [-0.3, -0.25) is 0 Å². The molecule has 4 rings (SSSR count). The summed E-state index contributed by atoms with van der Waals surface area (Å²) in [6, 6.07) is 6.03. The van der Waals surface area contributed by atoms with Crippen LogP contribution >= 0.6 is 12.4 Å². The molecular formula is C20H28ClNO3. The lowest BCUT2D eigenvalue weighted by atomic mass is 9.96. The van der Waals surface area contributed by atoms with E-state index in [0.29, 0.717) is 13.2 Å². The minimum Gasteiger partial charge on any atom is -0.491 e. The van der Waals surface area contributed by atoms with Crippen molar-refractivity contribution in [2.75, 3.05) is 26.2 Å². The molecule has 1 saturated heterocycles. The summed E-state index contributed by atoms with van der Waals surface area (Å²) in [5, 5.41) is 11.4. The van der Waals surface area contributed by atoms with Crippen LogP contribution < -0.4 is 4.74 Å². The second-order valence-electron chi connectivity index (χ2n) is 7.19. The fraction of sp³-hybridized carbons (Fsp3) is 0.600. The van der Waals surface area contributed by atoms with Crippen molar-refractivity contribution in [2.24, 2.45) is 0 Å². The van der Waals surface area contributed by atoms with E-state index in [0.717, 1.165) is 43.0 Å². The van der Waals surface area contributed by atoms with E-state index in [-0.39, 0.29) is 12.4 Å². The van der Waals surface area contributed by atoms with Crippen LogP contribution in [0.2, 0.25) is 0 Å². The van der Waals surface area contributed by atoms with Crippen LogP contribution in [0.25, 0.3) is 11.0 Å². The highest BCUT2D eigenvalue weighted by molar-refractivity contribution is 5.85. The van der Waals surface area contributed by atoms with Gasteiger partial charge in [0.15, 0.2) is 0 Å². The number of benzene rings is 1. The van der Waals surface area contributed by atoms with Crippen molar-refractivity contribution in [3.63, 3.8) is 0 Å². The van der Waals surface area contributed by atoms with Gasteiger partial charge in [-0.1, -0.05) is 6.42 Å². The third-order valence-electron chi connectivity index (χ3n) is 5.29. The molecule has 0 spiro atoms. The highest BCUT2D eigenvalue weighted by Gasteiger charge is 2.19. The van der Waals surface area contributed by atoms with E-state index in [1.165, 1.54) is 43.1 Å². The first-order valence-corrected chi connectivity index (χ1v) is 9.37. The van der Waals surface area contributed by atoms with Gasteiger partial charge < -0.3 is 19.2 Å². The molecule has 1 fully saturated rings. The molecule has 0 bridgehead atoms. The molecule has 138 valence electrons. The summed E-state index contributed by atoms with van der Waals surface area (Å²) in [6.45, 7) is 3.26. The smallest absolute Gasteiger partial charge is 0.134 e. The number of halogens is 1. The molecule has 2 aliphatic rings. The Balaban J connectivity index is 0.00000182. The average molecular weight is 366 g/mol. The number of hydrogen-bond donors (Lipinski definition) is 1. The molecule has 1 unspecified atom stereocenters. The summed E-state index contributed by atoms with van der Waals surface area (Å²) in [5.74, 6) is 1.98. The Labute approximate surface area is 155 Å². The standard InChI is InChI=1S/C20H27NO3.ClH/c22-15(13-21-10-4-1-5-11-21)14-23-16-8-9-20-18(12-16)17-6-2-3-7-19(17)24-20;/h8-9,12,15,22H,1-7,10-11,13-14H2;1H. The highest BCUT2D eigenvalue weighted by Crippen LogP contribution is 2.33. The summed E-state index contributed by atoms with van der Waals surface area (Å²) in [4.78, 5) is 2.34. The largest absolute Gasteiger partial charge is 0.491 e. The number of nitrogens with zero attached hydrogens (tertiary/aromatic N) is 1. The van der Waals surface area contributed by atoms with Crippen LogP contribution in [-0.4, -0.2) is 42.4 Å². The fourth-order valence-electron chi connectivity index (χ4n) is 4.02. The van der Waals surface area contributed by atoms with E-state index in [1.54, 1.807) is 0 Å². The van der Waals surface area contributed by atoms with Crippen molar-refractivity contribution in [1.82, 2.24) is 4.90 Å². The number of likely N-dealkylation sites (tertiary alicyclic amines) is 1. The lowest BCUT2D eigenvalue weighted by Gasteiger charge is -2.28. The zero-order valence-electron chi connectivity index (χ0n) is 14.7. The number of aliphatic hydroxyl groups is 1. The molecule has 1 aromatic heterocycles. The Morgan fingerprint density at radius 1 is 1.08 bits per heavy atom. The molecule has 4 nitrogen and oxygen atoms in total. The summed E-state index contributed by atoms with van der Waals surface area (Å²) < 4.78 is 11.8. The molecule has 5 heteroatoms. The number of fused-ring (bicyclic) bond motifs is 3. The van der Waals surface area contributed by atoms with Crippen molar-refractivity contribution in [2.45, 2.75) is 51.0 Å². The first-order chi connectivity index (χ1) is 11.8. The molecule has 1 aromatic carbocycles. The summed E-state index contributed by atoms with van der Waals surface area (Å²) in [5.41, 5.74) is 2.32. The molecule has 1 N–H and O–H groups in total. The Bertz CT molecular complexity index is 694. The van der Waals surface area contributed by atoms with Crippen molar-refractivity contribution in [3.05, 3.63) is 29.5 Å². The zero-order valence-corrected chi connectivity index (χ0v) is 15.5. The van der Waals surface area contributed by atoms with Gasteiger partial charge in [0, 0.05) is 23.9 Å². The van der Waals surface area contributed by atoms with Crippen LogP contribution in [0.15, 0.2) is 22.6 Å². The molecule has 0 saturated carbocycles. The molecule has 1 aliphatic heterocycles. The molecule has 0 amide bonds. The van der Waals surface area contributed by atoms with Crippen LogP contribution in [0.1, 0.15) is 43.4 Å². The summed E-state index contributed by atoms with van der Waals surface area (Å²) in [6.07, 6.45) is 7.99. The second-order valence-corrected chi connectivity index (χ2v) is 7.19. The summed E-state index contributed by atoms with van der Waals surface area (Å²) in [7, 11) is 0. The fourth-order valence-corrected chi connectivity index (χ4v) is 4.02. The van der Waals surface area contributed by atoms with Crippen LogP contribution in [0, 0.1) is 0 Å². The Hall–Kier alpha value is -1.23. The van der Waals surface area contributed by atoms with Crippen LogP contribution in [0.5, 0.6) is 5.75 Å². The van der Waals surface area contributed by atoms with Crippen molar-refractivity contribution in [3.8, 4) is 5.75 Å². The molecule has 2 heterocycles. The Kier molecular flexibility index (Phi) is 6.26. The number of rotatable bonds is 5. The number of furan rings is 1. The normalized spacial score (nSPS) is 19.2. The first kappa shape index (κ1) is 18.6. The molecular weight excluding hydrogens is 338 g/mol. The zero-order chi connectivity index (χ0) is 16.4. The van der Waals surface area contributed by atoms with Gasteiger partial charge in [0.25, 0.3) is 0 Å². The molecule has 25 heavy (non-hydrogen) atoms. The van der Waals surface area contributed by atoms with Crippen LogP contribution in [0.4, 0.5) is 0 Å². The minimum absolute atomic E-state index is 0. The molecule has 1 atom stereocenters. The quantitative estimate of drug-likeness (QED) is 0.871. The van der Waals surface area contributed by atoms with E-state index in [1.807, 2.05) is 12.1 Å². The Morgan fingerprint density at radius 2 is 1.88 bits per heavy atom. The van der Waals surface area contributed by atoms with Gasteiger partial charge in [0.1, 0.15) is 29.8 Å². The number of ether oxygens (including phenoxy) is 1. The minimum atomic E-state index is -0.433. The number of hydrogen-bond acceptors (Lipinski definition) is 4. The van der Waals surface area contributed by atoms with Crippen molar-refractivity contribution >= 4 is 23.4 Å². The highest BCUT2D eigenvalue weighted by atomic mass is 35.5. The van der Waals surface area contributed by atoms with Gasteiger partial charge in [-0.25, -0.2) is 0 Å². The molecule has 2 aromatic rings. The van der Waals surface area contributed by atoms with Gasteiger partial charge >= 0.3 is 0 Å². The Morgan fingerprint density at radius 3 is 2.72 bits per heavy atom. The predicted octanol–water partition coefficient (Wildman–Crippen LogP) is 3.96. The maximum atomic E-state index is 10.2.